The monoisotopic (exact) mass is 331 g/mol. The van der Waals surface area contributed by atoms with Gasteiger partial charge in [0.05, 0.1) is 5.88 Å². The van der Waals surface area contributed by atoms with E-state index >= 15 is 0 Å². The Kier molecular flexibility index (Phi) is 4.07. The highest BCUT2D eigenvalue weighted by Crippen LogP contribution is 2.29. The summed E-state index contributed by atoms with van der Waals surface area (Å²) in [6, 6.07) is 2.09. The minimum atomic E-state index is -3.43. The Morgan fingerprint density at radius 2 is 2.14 bits per heavy atom. The van der Waals surface area contributed by atoms with Crippen LogP contribution < -0.4 is 0 Å². The van der Waals surface area contributed by atoms with Crippen molar-refractivity contribution in [2.24, 2.45) is 7.05 Å². The molecule has 2 fully saturated rings. The number of sulfonamides is 1. The molecule has 5 nitrogen and oxygen atoms in total. The molecule has 2 aliphatic rings. The molecule has 0 radical (unpaired) electrons. The zero-order valence-corrected chi connectivity index (χ0v) is 14.1. The Hall–Kier alpha value is -0.560. The Morgan fingerprint density at radius 3 is 2.81 bits per heavy atom. The largest absolute Gasteiger partial charge is 0.352 e. The van der Waals surface area contributed by atoms with Crippen LogP contribution in [0.1, 0.15) is 25.5 Å². The van der Waals surface area contributed by atoms with E-state index in [9.17, 15) is 8.42 Å². The summed E-state index contributed by atoms with van der Waals surface area (Å²) in [5.41, 5.74) is 0.822. The highest BCUT2D eigenvalue weighted by molar-refractivity contribution is 7.89. The van der Waals surface area contributed by atoms with E-state index in [2.05, 4.69) is 4.90 Å². The number of nitrogens with zero attached hydrogens (tertiary/aromatic N) is 3. The van der Waals surface area contributed by atoms with Crippen molar-refractivity contribution in [1.29, 1.82) is 0 Å². The third-order valence-electron chi connectivity index (χ3n) is 4.71. The highest BCUT2D eigenvalue weighted by Gasteiger charge is 2.40. The second-order valence-electron chi connectivity index (χ2n) is 6.13. The summed E-state index contributed by atoms with van der Waals surface area (Å²) in [4.78, 5) is 2.78. The van der Waals surface area contributed by atoms with Gasteiger partial charge in [-0.25, -0.2) is 8.42 Å². The first-order valence-electron chi connectivity index (χ1n) is 7.40. The van der Waals surface area contributed by atoms with Crippen LogP contribution in [0.5, 0.6) is 0 Å². The van der Waals surface area contributed by atoms with Crippen molar-refractivity contribution >= 4 is 21.6 Å². The van der Waals surface area contributed by atoms with E-state index in [1.54, 1.807) is 21.1 Å². The van der Waals surface area contributed by atoms with Crippen LogP contribution in [-0.4, -0.2) is 53.9 Å². The van der Waals surface area contributed by atoms with Crippen molar-refractivity contribution in [3.63, 3.8) is 0 Å². The number of hydrogen-bond donors (Lipinski definition) is 0. The maximum atomic E-state index is 12.9. The van der Waals surface area contributed by atoms with Gasteiger partial charge in [-0.3, -0.25) is 4.90 Å². The molecule has 0 spiro atoms. The Morgan fingerprint density at radius 1 is 1.38 bits per heavy atom. The molecular weight excluding hydrogens is 310 g/mol. The van der Waals surface area contributed by atoms with Crippen molar-refractivity contribution < 1.29 is 8.42 Å². The first-order chi connectivity index (χ1) is 9.93. The number of piperazine rings is 1. The summed E-state index contributed by atoms with van der Waals surface area (Å²) < 4.78 is 29.3. The maximum absolute atomic E-state index is 12.9. The Balaban J connectivity index is 1.89. The molecule has 0 amide bonds. The van der Waals surface area contributed by atoms with Gasteiger partial charge in [0.2, 0.25) is 10.0 Å². The minimum Gasteiger partial charge on any atom is -0.352 e. The number of rotatable bonds is 3. The summed E-state index contributed by atoms with van der Waals surface area (Å²) in [5, 5.41) is 0. The second-order valence-corrected chi connectivity index (χ2v) is 8.28. The van der Waals surface area contributed by atoms with Gasteiger partial charge in [0.25, 0.3) is 0 Å². The van der Waals surface area contributed by atoms with Crippen LogP contribution in [0, 0.1) is 0 Å². The van der Waals surface area contributed by atoms with Gasteiger partial charge in [0.1, 0.15) is 4.90 Å². The lowest BCUT2D eigenvalue weighted by atomic mass is 10.1. The lowest BCUT2D eigenvalue weighted by molar-refractivity contribution is 0.117. The molecule has 2 atom stereocenters. The summed E-state index contributed by atoms with van der Waals surface area (Å²) in [7, 11) is -1.61. The van der Waals surface area contributed by atoms with Crippen molar-refractivity contribution in [2.45, 2.75) is 42.6 Å². The molecule has 0 saturated carbocycles. The van der Waals surface area contributed by atoms with E-state index in [0.29, 0.717) is 23.4 Å². The molecule has 2 saturated heterocycles. The predicted octanol–water partition coefficient (Wildman–Crippen LogP) is 1.62. The molecule has 7 heteroatoms. The van der Waals surface area contributed by atoms with Gasteiger partial charge in [0, 0.05) is 44.1 Å². The minimum absolute atomic E-state index is 0.0176. The quantitative estimate of drug-likeness (QED) is 0.791. The fourth-order valence-electron chi connectivity index (χ4n) is 3.48. The number of aryl methyl sites for hydroxylation is 1. The molecule has 21 heavy (non-hydrogen) atoms. The van der Waals surface area contributed by atoms with Crippen molar-refractivity contribution in [3.8, 4) is 0 Å². The van der Waals surface area contributed by atoms with Gasteiger partial charge in [-0.15, -0.1) is 11.6 Å². The van der Waals surface area contributed by atoms with Crippen molar-refractivity contribution in [2.75, 3.05) is 19.6 Å². The lowest BCUT2D eigenvalue weighted by Gasteiger charge is -2.41. The number of halogens is 1. The average Bonchev–Trinajstić information content (AvgIpc) is 3.03. The third-order valence-corrected chi connectivity index (χ3v) is 6.93. The SMILES string of the molecule is CC1CN2CCCC2CN1S(=O)(=O)c1cc(CCl)n(C)c1. The fraction of sp³-hybridized carbons (Fsp3) is 0.714. The van der Waals surface area contributed by atoms with E-state index in [4.69, 9.17) is 11.6 Å². The fourth-order valence-corrected chi connectivity index (χ4v) is 5.50. The topological polar surface area (TPSA) is 45.6 Å². The van der Waals surface area contributed by atoms with Crippen LogP contribution in [0.15, 0.2) is 17.2 Å². The van der Waals surface area contributed by atoms with Crippen LogP contribution >= 0.6 is 11.6 Å². The van der Waals surface area contributed by atoms with E-state index in [1.165, 1.54) is 6.42 Å². The molecular formula is C14H22ClN3O2S. The number of fused-ring (bicyclic) bond motifs is 1. The predicted molar refractivity (Wildman–Crippen MR) is 82.9 cm³/mol. The van der Waals surface area contributed by atoms with Crippen molar-refractivity contribution in [1.82, 2.24) is 13.8 Å². The first kappa shape index (κ1) is 15.3. The molecule has 3 heterocycles. The molecule has 0 aliphatic carbocycles. The second kappa shape index (κ2) is 5.57. The maximum Gasteiger partial charge on any atom is 0.244 e. The molecule has 0 N–H and O–H groups in total. The number of alkyl halides is 1. The van der Waals surface area contributed by atoms with Crippen LogP contribution in [0.3, 0.4) is 0 Å². The standard InChI is InChI=1S/C14H22ClN3O2S/c1-11-8-17-5-3-4-12(17)9-18(11)21(19,20)14-6-13(7-15)16(2)10-14/h6,10-12H,3-5,7-9H2,1-2H3. The van der Waals surface area contributed by atoms with E-state index < -0.39 is 10.0 Å². The van der Waals surface area contributed by atoms with E-state index in [-0.39, 0.29) is 6.04 Å². The highest BCUT2D eigenvalue weighted by atomic mass is 35.5. The Bertz CT molecular complexity index is 628. The zero-order chi connectivity index (χ0) is 15.2. The van der Waals surface area contributed by atoms with Crippen molar-refractivity contribution in [3.05, 3.63) is 18.0 Å². The van der Waals surface area contributed by atoms with Gasteiger partial charge in [0.15, 0.2) is 0 Å². The molecule has 3 rings (SSSR count). The summed E-state index contributed by atoms with van der Waals surface area (Å²) >= 11 is 5.85. The van der Waals surface area contributed by atoms with Crippen LogP contribution in [-0.2, 0) is 23.0 Å². The molecule has 0 bridgehead atoms. The molecule has 1 aromatic rings. The molecule has 0 aromatic carbocycles. The lowest BCUT2D eigenvalue weighted by Crippen LogP contribution is -2.56. The van der Waals surface area contributed by atoms with Gasteiger partial charge < -0.3 is 4.57 Å². The number of aromatic nitrogens is 1. The average molecular weight is 332 g/mol. The normalized spacial score (nSPS) is 28.0. The molecule has 2 unspecified atom stereocenters. The van der Waals surface area contributed by atoms with Gasteiger partial charge >= 0.3 is 0 Å². The summed E-state index contributed by atoms with van der Waals surface area (Å²) in [6.07, 6.45) is 3.94. The first-order valence-corrected chi connectivity index (χ1v) is 9.38. The van der Waals surface area contributed by atoms with E-state index in [0.717, 1.165) is 25.2 Å². The van der Waals surface area contributed by atoms with Crippen LogP contribution in [0.2, 0.25) is 0 Å². The smallest absolute Gasteiger partial charge is 0.244 e. The Labute approximate surface area is 131 Å². The van der Waals surface area contributed by atoms with Gasteiger partial charge in [-0.2, -0.15) is 4.31 Å². The van der Waals surface area contributed by atoms with E-state index in [1.807, 2.05) is 14.0 Å². The molecule has 118 valence electrons. The van der Waals surface area contributed by atoms with Gasteiger partial charge in [-0.05, 0) is 32.4 Å². The van der Waals surface area contributed by atoms with Crippen LogP contribution in [0.4, 0.5) is 0 Å². The molecule has 2 aliphatic heterocycles. The van der Waals surface area contributed by atoms with Crippen LogP contribution in [0.25, 0.3) is 0 Å². The molecule has 1 aromatic heterocycles. The third kappa shape index (κ3) is 2.63. The van der Waals surface area contributed by atoms with Gasteiger partial charge in [-0.1, -0.05) is 0 Å². The zero-order valence-electron chi connectivity index (χ0n) is 12.5. The number of hydrogen-bond acceptors (Lipinski definition) is 3. The summed E-state index contributed by atoms with van der Waals surface area (Å²) in [5.74, 6) is 0.317. The summed E-state index contributed by atoms with van der Waals surface area (Å²) in [6.45, 7) is 4.54.